The van der Waals surface area contributed by atoms with Crippen molar-refractivity contribution in [3.63, 3.8) is 0 Å². The number of hydrogen-bond acceptors (Lipinski definition) is 11. The van der Waals surface area contributed by atoms with Crippen molar-refractivity contribution >= 4 is 32.9 Å². The van der Waals surface area contributed by atoms with Crippen molar-refractivity contribution in [1.29, 1.82) is 0 Å². The lowest BCUT2D eigenvalue weighted by Gasteiger charge is -2.11. The topological polar surface area (TPSA) is 154 Å². The Bertz CT molecular complexity index is 1760. The lowest BCUT2D eigenvalue weighted by Crippen LogP contribution is -2.02. The van der Waals surface area contributed by atoms with Crippen LogP contribution < -0.4 is 18.9 Å². The molecule has 2 aromatic heterocycles. The molecule has 0 aliphatic heterocycles. The van der Waals surface area contributed by atoms with Gasteiger partial charge < -0.3 is 18.9 Å². The van der Waals surface area contributed by atoms with Gasteiger partial charge in [-0.25, -0.2) is 9.97 Å². The molecule has 0 saturated carbocycles. The van der Waals surface area contributed by atoms with E-state index in [1.54, 1.807) is 38.3 Å². The molecule has 0 unspecified atom stereocenters. The molecule has 0 N–H and O–H groups in total. The van der Waals surface area contributed by atoms with Gasteiger partial charge in [0.1, 0.15) is 9.71 Å². The van der Waals surface area contributed by atoms with E-state index in [1.165, 1.54) is 30.7 Å². The van der Waals surface area contributed by atoms with Crippen molar-refractivity contribution in [3.8, 4) is 50.5 Å². The van der Waals surface area contributed by atoms with Gasteiger partial charge in [0.05, 0.1) is 62.0 Å². The van der Waals surface area contributed by atoms with E-state index in [4.69, 9.17) is 23.9 Å². The molecule has 2 heterocycles. The molecular weight excluding hydrogens is 542 g/mol. The Morgan fingerprint density at radius 2 is 1.52 bits per heavy atom. The maximum Gasteiger partial charge on any atom is 0.387 e. The summed E-state index contributed by atoms with van der Waals surface area (Å²) < 4.78 is 24.1. The fourth-order valence-corrected chi connectivity index (χ4v) is 5.42. The molecule has 40 heavy (non-hydrogen) atoms. The summed E-state index contributed by atoms with van der Waals surface area (Å²) in [7, 11) is 5.87. The van der Waals surface area contributed by atoms with Gasteiger partial charge in [0.15, 0.2) is 11.5 Å². The Balaban J connectivity index is 1.55. The van der Waals surface area contributed by atoms with Crippen LogP contribution in [0.4, 0.5) is 11.4 Å². The van der Waals surface area contributed by atoms with E-state index in [0.29, 0.717) is 39.7 Å². The van der Waals surface area contributed by atoms with Gasteiger partial charge >= 0.3 is 11.4 Å². The van der Waals surface area contributed by atoms with Crippen molar-refractivity contribution in [3.05, 3.63) is 75.2 Å². The molecule has 204 valence electrons. The molecule has 0 aliphatic carbocycles. The molecule has 0 saturated heterocycles. The highest BCUT2D eigenvalue weighted by atomic mass is 32.1. The first-order valence-electron chi connectivity index (χ1n) is 11.5. The van der Waals surface area contributed by atoms with Crippen molar-refractivity contribution < 1.29 is 28.8 Å². The highest BCUT2D eigenvalue weighted by molar-refractivity contribution is 7.22. The molecule has 14 heteroatoms. The molecule has 5 rings (SSSR count). The van der Waals surface area contributed by atoms with E-state index in [2.05, 4.69) is 4.98 Å². The summed E-state index contributed by atoms with van der Waals surface area (Å²) in [5.74, 6) is 1.30. The van der Waals surface area contributed by atoms with Crippen LogP contribution >= 0.6 is 11.3 Å². The van der Waals surface area contributed by atoms with Crippen LogP contribution in [0.1, 0.15) is 0 Å². The van der Waals surface area contributed by atoms with Crippen LogP contribution in [0.3, 0.4) is 0 Å². The minimum absolute atomic E-state index is 0.225. The lowest BCUT2D eigenvalue weighted by atomic mass is 10.1. The normalized spacial score (nSPS) is 10.9. The second-order valence-electron chi connectivity index (χ2n) is 8.27. The summed E-state index contributed by atoms with van der Waals surface area (Å²) in [6.07, 6.45) is 3.06. The second-order valence-corrected chi connectivity index (χ2v) is 9.27. The van der Waals surface area contributed by atoms with Crippen LogP contribution in [-0.2, 0) is 0 Å². The molecular formula is C26H21N5O8S. The molecule has 0 amide bonds. The third kappa shape index (κ3) is 4.39. The Morgan fingerprint density at radius 1 is 0.825 bits per heavy atom. The first-order valence-corrected chi connectivity index (χ1v) is 12.4. The van der Waals surface area contributed by atoms with Crippen LogP contribution in [0.2, 0.25) is 0 Å². The summed E-state index contributed by atoms with van der Waals surface area (Å²) in [5.41, 5.74) is 1.67. The molecule has 0 atom stereocenters. The van der Waals surface area contributed by atoms with Gasteiger partial charge in [-0.1, -0.05) is 0 Å². The van der Waals surface area contributed by atoms with E-state index in [0.717, 1.165) is 21.3 Å². The Kier molecular flexibility index (Phi) is 6.92. The molecule has 0 fully saturated rings. The first-order chi connectivity index (χ1) is 19.3. The molecule has 0 radical (unpaired) electrons. The number of methoxy groups -OCH3 is 4. The summed E-state index contributed by atoms with van der Waals surface area (Å²) >= 11 is 1.44. The number of nitrogens with zero attached hydrogens (tertiary/aromatic N) is 5. The van der Waals surface area contributed by atoms with Crippen molar-refractivity contribution in [2.75, 3.05) is 28.4 Å². The summed E-state index contributed by atoms with van der Waals surface area (Å²) in [6.45, 7) is 0. The van der Waals surface area contributed by atoms with Gasteiger partial charge in [0.2, 0.25) is 11.5 Å². The number of rotatable bonds is 9. The number of hydrogen-bond donors (Lipinski definition) is 0. The molecule has 13 nitrogen and oxygen atoms in total. The largest absolute Gasteiger partial charge is 0.493 e. The Hall–Kier alpha value is -5.24. The quantitative estimate of drug-likeness (QED) is 0.162. The highest BCUT2D eigenvalue weighted by Crippen LogP contribution is 2.47. The fourth-order valence-electron chi connectivity index (χ4n) is 4.35. The predicted octanol–water partition coefficient (Wildman–Crippen LogP) is 5.67. The number of benzene rings is 3. The van der Waals surface area contributed by atoms with E-state index < -0.39 is 21.2 Å². The highest BCUT2D eigenvalue weighted by Gasteiger charge is 2.31. The molecule has 0 bridgehead atoms. The molecule has 5 aromatic rings. The third-order valence-electron chi connectivity index (χ3n) is 6.17. The number of thiazole rings is 1. The maximum absolute atomic E-state index is 11.6. The predicted molar refractivity (Wildman–Crippen MR) is 147 cm³/mol. The van der Waals surface area contributed by atoms with Gasteiger partial charge in [-0.3, -0.25) is 24.8 Å². The zero-order chi connectivity index (χ0) is 28.6. The SMILES string of the molecule is COc1cc2nc(-c3ccc(-n4cncc4-c4cc(OC)c([N+](=O)[O-])c([N+](=O)[O-])c4)cc3)sc2c(OC)c1OC. The fraction of sp³-hybridized carbons (Fsp3) is 0.154. The van der Waals surface area contributed by atoms with Gasteiger partial charge in [-0.05, 0) is 30.3 Å². The number of imidazole rings is 1. The van der Waals surface area contributed by atoms with Gasteiger partial charge in [0, 0.05) is 28.9 Å². The van der Waals surface area contributed by atoms with Gasteiger partial charge in [-0.15, -0.1) is 11.3 Å². The second kappa shape index (κ2) is 10.5. The van der Waals surface area contributed by atoms with Crippen LogP contribution in [0.5, 0.6) is 23.0 Å². The van der Waals surface area contributed by atoms with E-state index >= 15 is 0 Å². The van der Waals surface area contributed by atoms with Crippen molar-refractivity contribution in [2.45, 2.75) is 0 Å². The zero-order valence-corrected chi connectivity index (χ0v) is 22.4. The molecule has 0 aliphatic rings. The van der Waals surface area contributed by atoms with Crippen LogP contribution in [0.15, 0.2) is 55.0 Å². The monoisotopic (exact) mass is 563 g/mol. The third-order valence-corrected chi connectivity index (χ3v) is 7.29. The van der Waals surface area contributed by atoms with Crippen LogP contribution in [0.25, 0.3) is 37.7 Å². The minimum Gasteiger partial charge on any atom is -0.493 e. The summed E-state index contributed by atoms with van der Waals surface area (Å²) in [6, 6.07) is 11.8. The average molecular weight is 564 g/mol. The van der Waals surface area contributed by atoms with Gasteiger partial charge in [-0.2, -0.15) is 0 Å². The van der Waals surface area contributed by atoms with Crippen molar-refractivity contribution in [2.24, 2.45) is 0 Å². The number of aromatic nitrogens is 3. The van der Waals surface area contributed by atoms with Crippen molar-refractivity contribution in [1.82, 2.24) is 14.5 Å². The van der Waals surface area contributed by atoms with E-state index in [1.807, 2.05) is 24.3 Å². The summed E-state index contributed by atoms with van der Waals surface area (Å²) in [4.78, 5) is 30.4. The first kappa shape index (κ1) is 26.4. The standard InChI is InChI=1S/C26H21N5O8S/c1-36-20-10-15(9-18(30(32)33)22(20)31(34)35)19-12-27-13-29(19)16-7-5-14(6-8-16)26-28-17-11-21(37-2)23(38-3)24(39-4)25(17)40-26/h5-13H,1-4H3. The number of nitro groups is 2. The van der Waals surface area contributed by atoms with Crippen LogP contribution in [-0.4, -0.2) is 52.8 Å². The van der Waals surface area contributed by atoms with Gasteiger partial charge in [0.25, 0.3) is 0 Å². The lowest BCUT2D eigenvalue weighted by molar-refractivity contribution is -0.423. The average Bonchev–Trinajstić information content (AvgIpc) is 3.63. The maximum atomic E-state index is 11.6. The minimum atomic E-state index is -0.833. The molecule has 0 spiro atoms. The van der Waals surface area contributed by atoms with E-state index in [9.17, 15) is 20.2 Å². The Labute approximate surface area is 230 Å². The zero-order valence-electron chi connectivity index (χ0n) is 21.6. The smallest absolute Gasteiger partial charge is 0.387 e. The van der Waals surface area contributed by atoms with Crippen LogP contribution in [0, 0.1) is 20.2 Å². The van der Waals surface area contributed by atoms with E-state index in [-0.39, 0.29) is 5.75 Å². The number of fused-ring (bicyclic) bond motifs is 1. The summed E-state index contributed by atoms with van der Waals surface area (Å²) in [5, 5.41) is 23.8. The molecule has 3 aromatic carbocycles. The Morgan fingerprint density at radius 3 is 2.12 bits per heavy atom. The number of ether oxygens (including phenoxy) is 4. The number of nitro benzene ring substituents is 2.